The highest BCUT2D eigenvalue weighted by Crippen LogP contribution is 2.22. The second-order valence-corrected chi connectivity index (χ2v) is 9.77. The highest BCUT2D eigenvalue weighted by atomic mass is 32.2. The number of carbonyl (C=O) groups excluding carboxylic acids is 2. The Hall–Kier alpha value is -3.01. The molecule has 0 aliphatic rings. The van der Waals surface area contributed by atoms with Gasteiger partial charge in [-0.3, -0.25) is 13.9 Å². The standard InChI is InChI=1S/C23H29F2N3O4S/c1-5-16(2)26-23(30)17(3)27(14-18-10-12-19(24)13-11-18)22(29)15-28(33(4,31)32)21-9-7-6-8-20(21)25/h6-13,16-17H,5,14-15H2,1-4H3,(H,26,30)/t16-,17-/m0/s1. The number of benzene rings is 2. The van der Waals surface area contributed by atoms with Gasteiger partial charge >= 0.3 is 0 Å². The monoisotopic (exact) mass is 481 g/mol. The van der Waals surface area contributed by atoms with E-state index in [4.69, 9.17) is 0 Å². The van der Waals surface area contributed by atoms with Gasteiger partial charge in [-0.25, -0.2) is 17.2 Å². The van der Waals surface area contributed by atoms with Gasteiger partial charge in [0.15, 0.2) is 0 Å². The number of amides is 2. The maximum atomic E-state index is 14.3. The van der Waals surface area contributed by atoms with Gasteiger partial charge in [0, 0.05) is 12.6 Å². The fourth-order valence-electron chi connectivity index (χ4n) is 3.08. The summed E-state index contributed by atoms with van der Waals surface area (Å²) in [7, 11) is -4.02. The van der Waals surface area contributed by atoms with Gasteiger partial charge in [-0.05, 0) is 50.1 Å². The molecule has 2 amide bonds. The number of nitrogens with one attached hydrogen (secondary N) is 1. The van der Waals surface area contributed by atoms with Crippen molar-refractivity contribution < 1.29 is 26.8 Å². The molecule has 2 rings (SSSR count). The number of nitrogens with zero attached hydrogens (tertiary/aromatic N) is 2. The summed E-state index contributed by atoms with van der Waals surface area (Å²) < 4.78 is 53.1. The molecular weight excluding hydrogens is 452 g/mol. The molecule has 0 heterocycles. The van der Waals surface area contributed by atoms with Crippen molar-refractivity contribution in [2.45, 2.75) is 45.8 Å². The molecule has 10 heteroatoms. The van der Waals surface area contributed by atoms with Crippen LogP contribution in [0.5, 0.6) is 0 Å². The van der Waals surface area contributed by atoms with Crippen LogP contribution in [0.1, 0.15) is 32.8 Å². The molecule has 2 aromatic carbocycles. The van der Waals surface area contributed by atoms with Crippen LogP contribution >= 0.6 is 0 Å². The Morgan fingerprint density at radius 2 is 1.64 bits per heavy atom. The molecule has 2 aromatic rings. The van der Waals surface area contributed by atoms with Crippen molar-refractivity contribution in [1.29, 1.82) is 0 Å². The van der Waals surface area contributed by atoms with Crippen molar-refractivity contribution in [3.8, 4) is 0 Å². The van der Waals surface area contributed by atoms with Crippen molar-refractivity contribution in [3.63, 3.8) is 0 Å². The van der Waals surface area contributed by atoms with Crippen molar-refractivity contribution >= 4 is 27.5 Å². The molecule has 0 aliphatic carbocycles. The third-order valence-corrected chi connectivity index (χ3v) is 6.36. The number of carbonyl (C=O) groups is 2. The molecule has 7 nitrogen and oxygen atoms in total. The van der Waals surface area contributed by atoms with Crippen LogP contribution in [0.2, 0.25) is 0 Å². The van der Waals surface area contributed by atoms with Gasteiger partial charge in [-0.15, -0.1) is 0 Å². The first kappa shape index (κ1) is 26.2. The number of hydrogen-bond acceptors (Lipinski definition) is 4. The smallest absolute Gasteiger partial charge is 0.244 e. The van der Waals surface area contributed by atoms with E-state index in [2.05, 4.69) is 5.32 Å². The molecule has 33 heavy (non-hydrogen) atoms. The van der Waals surface area contributed by atoms with E-state index in [1.807, 2.05) is 13.8 Å². The van der Waals surface area contributed by atoms with E-state index in [1.54, 1.807) is 0 Å². The maximum Gasteiger partial charge on any atom is 0.244 e. The van der Waals surface area contributed by atoms with Crippen LogP contribution in [0.25, 0.3) is 0 Å². The Morgan fingerprint density at radius 1 is 1.03 bits per heavy atom. The van der Waals surface area contributed by atoms with Crippen LogP contribution in [0, 0.1) is 11.6 Å². The van der Waals surface area contributed by atoms with Gasteiger partial charge in [0.2, 0.25) is 21.8 Å². The molecule has 0 saturated heterocycles. The van der Waals surface area contributed by atoms with Gasteiger partial charge in [-0.1, -0.05) is 31.2 Å². The van der Waals surface area contributed by atoms with Gasteiger partial charge in [0.25, 0.3) is 0 Å². The molecule has 0 bridgehead atoms. The molecule has 0 radical (unpaired) electrons. The molecule has 0 spiro atoms. The fraction of sp³-hybridized carbons (Fsp3) is 0.391. The molecule has 0 fully saturated rings. The second kappa shape index (κ2) is 11.2. The summed E-state index contributed by atoms with van der Waals surface area (Å²) in [6.07, 6.45) is 1.55. The summed E-state index contributed by atoms with van der Waals surface area (Å²) in [6.45, 7) is 4.47. The fourth-order valence-corrected chi connectivity index (χ4v) is 3.93. The molecule has 0 unspecified atom stereocenters. The van der Waals surface area contributed by atoms with Crippen molar-refractivity contribution in [2.24, 2.45) is 0 Å². The number of hydrogen-bond donors (Lipinski definition) is 1. The van der Waals surface area contributed by atoms with E-state index in [0.29, 0.717) is 16.3 Å². The zero-order valence-corrected chi connectivity index (χ0v) is 19.9. The van der Waals surface area contributed by atoms with E-state index >= 15 is 0 Å². The molecule has 2 atom stereocenters. The van der Waals surface area contributed by atoms with Crippen LogP contribution in [0.15, 0.2) is 48.5 Å². The van der Waals surface area contributed by atoms with E-state index in [-0.39, 0.29) is 18.3 Å². The summed E-state index contributed by atoms with van der Waals surface area (Å²) in [5.41, 5.74) is 0.275. The zero-order chi connectivity index (χ0) is 24.8. The van der Waals surface area contributed by atoms with E-state index in [1.165, 1.54) is 54.3 Å². The summed E-state index contributed by atoms with van der Waals surface area (Å²) in [4.78, 5) is 27.3. The normalized spacial score (nSPS) is 13.2. The minimum atomic E-state index is -4.02. The predicted octanol–water partition coefficient (Wildman–Crippen LogP) is 3.06. The number of sulfonamides is 1. The number of halogens is 2. The molecule has 0 saturated carbocycles. The van der Waals surface area contributed by atoms with Crippen molar-refractivity contribution in [2.75, 3.05) is 17.1 Å². The molecule has 0 aromatic heterocycles. The van der Waals surface area contributed by atoms with Gasteiger partial charge in [-0.2, -0.15) is 0 Å². The topological polar surface area (TPSA) is 86.8 Å². The highest BCUT2D eigenvalue weighted by Gasteiger charge is 2.31. The quantitative estimate of drug-likeness (QED) is 0.565. The summed E-state index contributed by atoms with van der Waals surface area (Å²) in [6, 6.07) is 9.52. The van der Waals surface area contributed by atoms with Crippen LogP contribution < -0.4 is 9.62 Å². The van der Waals surface area contributed by atoms with Crippen molar-refractivity contribution in [1.82, 2.24) is 10.2 Å². The number of para-hydroxylation sites is 1. The summed E-state index contributed by atoms with van der Waals surface area (Å²) in [5.74, 6) is -2.39. The lowest BCUT2D eigenvalue weighted by atomic mass is 10.1. The van der Waals surface area contributed by atoms with E-state index in [0.717, 1.165) is 12.3 Å². The minimum absolute atomic E-state index is 0.0664. The summed E-state index contributed by atoms with van der Waals surface area (Å²) >= 11 is 0. The average molecular weight is 482 g/mol. The lowest BCUT2D eigenvalue weighted by Gasteiger charge is -2.32. The van der Waals surface area contributed by atoms with Crippen LogP contribution in [-0.4, -0.2) is 50.0 Å². The minimum Gasteiger partial charge on any atom is -0.352 e. The lowest BCUT2D eigenvalue weighted by molar-refractivity contribution is -0.139. The van der Waals surface area contributed by atoms with Gasteiger partial charge in [0.05, 0.1) is 11.9 Å². The Bertz CT molecular complexity index is 1080. The van der Waals surface area contributed by atoms with E-state index in [9.17, 15) is 26.8 Å². The summed E-state index contributed by atoms with van der Waals surface area (Å²) in [5, 5.41) is 2.80. The second-order valence-electron chi connectivity index (χ2n) is 7.86. The Labute approximate surface area is 193 Å². The third-order valence-electron chi connectivity index (χ3n) is 5.23. The van der Waals surface area contributed by atoms with Crippen LogP contribution in [0.3, 0.4) is 0 Å². The highest BCUT2D eigenvalue weighted by molar-refractivity contribution is 7.92. The Morgan fingerprint density at radius 3 is 2.18 bits per heavy atom. The van der Waals surface area contributed by atoms with E-state index < -0.39 is 46.1 Å². The molecule has 1 N–H and O–H groups in total. The Kier molecular flexibility index (Phi) is 8.92. The maximum absolute atomic E-state index is 14.3. The van der Waals surface area contributed by atoms with Crippen molar-refractivity contribution in [3.05, 3.63) is 65.7 Å². The Balaban J connectivity index is 2.39. The molecular formula is C23H29F2N3O4S. The third kappa shape index (κ3) is 7.24. The zero-order valence-electron chi connectivity index (χ0n) is 19.1. The van der Waals surface area contributed by atoms with Gasteiger partial charge in [0.1, 0.15) is 24.2 Å². The van der Waals surface area contributed by atoms with Crippen LogP contribution in [0.4, 0.5) is 14.5 Å². The van der Waals surface area contributed by atoms with Gasteiger partial charge < -0.3 is 10.2 Å². The number of anilines is 1. The van der Waals surface area contributed by atoms with Crippen LogP contribution in [-0.2, 0) is 26.2 Å². The first-order chi connectivity index (χ1) is 15.4. The largest absolute Gasteiger partial charge is 0.352 e. The number of rotatable bonds is 10. The predicted molar refractivity (Wildman–Crippen MR) is 123 cm³/mol. The lowest BCUT2D eigenvalue weighted by Crippen LogP contribution is -2.52. The molecule has 0 aliphatic heterocycles. The average Bonchev–Trinajstić information content (AvgIpc) is 2.76. The first-order valence-electron chi connectivity index (χ1n) is 10.5. The SMILES string of the molecule is CC[C@H](C)NC(=O)[C@H](C)N(Cc1ccc(F)cc1)C(=O)CN(c1ccccc1F)S(C)(=O)=O. The molecule has 180 valence electrons. The first-order valence-corrected chi connectivity index (χ1v) is 12.3.